The van der Waals surface area contributed by atoms with E-state index in [1.165, 1.54) is 0 Å². The molecule has 0 aliphatic heterocycles. The second kappa shape index (κ2) is 5.31. The van der Waals surface area contributed by atoms with Gasteiger partial charge in [-0.2, -0.15) is 0 Å². The lowest BCUT2D eigenvalue weighted by atomic mass is 10.1. The minimum absolute atomic E-state index is 0.0399. The van der Waals surface area contributed by atoms with Crippen molar-refractivity contribution in [3.8, 4) is 0 Å². The Morgan fingerprint density at radius 1 is 1.22 bits per heavy atom. The number of aryl methyl sites for hydroxylation is 1. The first kappa shape index (κ1) is 12.8. The maximum absolute atomic E-state index is 12.3. The lowest BCUT2D eigenvalue weighted by molar-refractivity contribution is 0.0993. The highest BCUT2D eigenvalue weighted by Gasteiger charge is 2.13. The van der Waals surface area contributed by atoms with Crippen LogP contribution in [0.1, 0.15) is 15.9 Å². The van der Waals surface area contributed by atoms with Gasteiger partial charge in [-0.05, 0) is 36.8 Å². The number of aromatic nitrogens is 1. The number of hydrogen-bond donors (Lipinski definition) is 0. The van der Waals surface area contributed by atoms with Crippen molar-refractivity contribution < 1.29 is 4.79 Å². The molecule has 0 spiro atoms. The minimum Gasteiger partial charge on any atom is -0.311 e. The molecule has 2 aromatic rings. The summed E-state index contributed by atoms with van der Waals surface area (Å²) in [5.74, 6) is -0.0399. The molecule has 3 nitrogen and oxygen atoms in total. The highest BCUT2D eigenvalue weighted by atomic mass is 79.9. The van der Waals surface area contributed by atoms with Crippen molar-refractivity contribution in [1.82, 2.24) is 4.98 Å². The maximum atomic E-state index is 12.3. The van der Waals surface area contributed by atoms with Crippen LogP contribution >= 0.6 is 15.9 Å². The van der Waals surface area contributed by atoms with E-state index in [1.807, 2.05) is 25.1 Å². The van der Waals surface area contributed by atoms with Gasteiger partial charge in [-0.3, -0.25) is 9.78 Å². The van der Waals surface area contributed by atoms with Crippen LogP contribution in [-0.2, 0) is 0 Å². The van der Waals surface area contributed by atoms with Gasteiger partial charge < -0.3 is 4.90 Å². The van der Waals surface area contributed by atoms with Crippen molar-refractivity contribution in [3.63, 3.8) is 0 Å². The summed E-state index contributed by atoms with van der Waals surface area (Å²) in [7, 11) is 1.76. The van der Waals surface area contributed by atoms with Crippen molar-refractivity contribution in [1.29, 1.82) is 0 Å². The van der Waals surface area contributed by atoms with E-state index in [2.05, 4.69) is 20.9 Å². The van der Waals surface area contributed by atoms with Gasteiger partial charge in [0.15, 0.2) is 0 Å². The fourth-order valence-electron chi connectivity index (χ4n) is 1.60. The third-order valence-electron chi connectivity index (χ3n) is 2.77. The van der Waals surface area contributed by atoms with Crippen LogP contribution in [0.5, 0.6) is 0 Å². The molecule has 2 rings (SSSR count). The molecule has 1 aromatic carbocycles. The Morgan fingerprint density at radius 2 is 1.89 bits per heavy atom. The fourth-order valence-corrected chi connectivity index (χ4v) is 1.98. The van der Waals surface area contributed by atoms with Gasteiger partial charge in [-0.1, -0.05) is 22.0 Å². The number of carbonyl (C=O) groups excluding carboxylic acids is 1. The quantitative estimate of drug-likeness (QED) is 0.851. The largest absolute Gasteiger partial charge is 0.311 e. The highest BCUT2D eigenvalue weighted by Crippen LogP contribution is 2.20. The zero-order valence-corrected chi connectivity index (χ0v) is 11.8. The molecule has 4 heteroatoms. The summed E-state index contributed by atoms with van der Waals surface area (Å²) in [4.78, 5) is 17.8. The standard InChI is InChI=1S/C14H13BrN2O/c1-10-3-4-11(9-13(10)15)14(18)17(2)12-5-7-16-8-6-12/h3-9H,1-2H3. The summed E-state index contributed by atoms with van der Waals surface area (Å²) in [6.45, 7) is 1.99. The number of amides is 1. The molecule has 92 valence electrons. The Labute approximate surface area is 115 Å². The lowest BCUT2D eigenvalue weighted by Gasteiger charge is -2.17. The number of benzene rings is 1. The number of anilines is 1. The molecule has 0 saturated carbocycles. The lowest BCUT2D eigenvalue weighted by Crippen LogP contribution is -2.26. The smallest absolute Gasteiger partial charge is 0.258 e. The molecular weight excluding hydrogens is 292 g/mol. The predicted molar refractivity (Wildman–Crippen MR) is 75.8 cm³/mol. The van der Waals surface area contributed by atoms with Crippen molar-refractivity contribution >= 4 is 27.5 Å². The predicted octanol–water partition coefficient (Wildman–Crippen LogP) is 3.43. The minimum atomic E-state index is -0.0399. The van der Waals surface area contributed by atoms with Crippen LogP contribution in [-0.4, -0.2) is 17.9 Å². The average molecular weight is 305 g/mol. The molecule has 1 heterocycles. The van der Waals surface area contributed by atoms with E-state index in [1.54, 1.807) is 36.5 Å². The summed E-state index contributed by atoms with van der Waals surface area (Å²) in [6, 6.07) is 9.22. The third-order valence-corrected chi connectivity index (χ3v) is 3.63. The van der Waals surface area contributed by atoms with Crippen LogP contribution in [0.25, 0.3) is 0 Å². The average Bonchev–Trinajstić information content (AvgIpc) is 2.41. The van der Waals surface area contributed by atoms with E-state index < -0.39 is 0 Å². The molecule has 1 aromatic heterocycles. The summed E-state index contributed by atoms with van der Waals surface area (Å²) < 4.78 is 0.941. The van der Waals surface area contributed by atoms with E-state index in [0.717, 1.165) is 15.7 Å². The Hall–Kier alpha value is -1.68. The number of carbonyl (C=O) groups is 1. The van der Waals surface area contributed by atoms with E-state index in [4.69, 9.17) is 0 Å². The summed E-state index contributed by atoms with van der Waals surface area (Å²) >= 11 is 3.44. The maximum Gasteiger partial charge on any atom is 0.258 e. The first-order valence-electron chi connectivity index (χ1n) is 5.54. The van der Waals surface area contributed by atoms with E-state index in [-0.39, 0.29) is 5.91 Å². The van der Waals surface area contributed by atoms with E-state index in [9.17, 15) is 4.79 Å². The third kappa shape index (κ3) is 2.59. The molecule has 0 bridgehead atoms. The highest BCUT2D eigenvalue weighted by molar-refractivity contribution is 9.10. The van der Waals surface area contributed by atoms with Crippen molar-refractivity contribution in [2.75, 3.05) is 11.9 Å². The first-order valence-corrected chi connectivity index (χ1v) is 6.33. The molecule has 0 aliphatic carbocycles. The Kier molecular flexibility index (Phi) is 3.77. The molecule has 0 radical (unpaired) electrons. The Bertz CT molecular complexity index is 569. The summed E-state index contributed by atoms with van der Waals surface area (Å²) in [5, 5.41) is 0. The fraction of sp³-hybridized carbons (Fsp3) is 0.143. The van der Waals surface area contributed by atoms with Gasteiger partial charge in [-0.15, -0.1) is 0 Å². The van der Waals surface area contributed by atoms with E-state index >= 15 is 0 Å². The van der Waals surface area contributed by atoms with Crippen LogP contribution in [0.15, 0.2) is 47.2 Å². The van der Waals surface area contributed by atoms with Crippen LogP contribution in [0, 0.1) is 6.92 Å². The van der Waals surface area contributed by atoms with Gasteiger partial charge in [0.2, 0.25) is 0 Å². The Morgan fingerprint density at radius 3 is 2.50 bits per heavy atom. The molecule has 0 saturated heterocycles. The normalized spacial score (nSPS) is 10.2. The van der Waals surface area contributed by atoms with Crippen LogP contribution < -0.4 is 4.90 Å². The molecular formula is C14H13BrN2O. The van der Waals surface area contributed by atoms with Crippen LogP contribution in [0.3, 0.4) is 0 Å². The second-order valence-corrected chi connectivity index (χ2v) is 4.89. The van der Waals surface area contributed by atoms with Crippen molar-refractivity contribution in [3.05, 3.63) is 58.3 Å². The zero-order chi connectivity index (χ0) is 13.1. The summed E-state index contributed by atoms with van der Waals surface area (Å²) in [5.41, 5.74) is 2.59. The van der Waals surface area contributed by atoms with Crippen LogP contribution in [0.2, 0.25) is 0 Å². The topological polar surface area (TPSA) is 33.2 Å². The SMILES string of the molecule is Cc1ccc(C(=O)N(C)c2ccncc2)cc1Br. The second-order valence-electron chi connectivity index (χ2n) is 4.03. The van der Waals surface area contributed by atoms with Gasteiger partial charge in [0, 0.05) is 35.2 Å². The van der Waals surface area contributed by atoms with Gasteiger partial charge in [0.1, 0.15) is 0 Å². The number of rotatable bonds is 2. The molecule has 18 heavy (non-hydrogen) atoms. The van der Waals surface area contributed by atoms with Crippen molar-refractivity contribution in [2.45, 2.75) is 6.92 Å². The number of nitrogens with zero attached hydrogens (tertiary/aromatic N) is 2. The number of hydrogen-bond acceptors (Lipinski definition) is 2. The van der Waals surface area contributed by atoms with Crippen LogP contribution in [0.4, 0.5) is 5.69 Å². The first-order chi connectivity index (χ1) is 8.59. The van der Waals surface area contributed by atoms with E-state index in [0.29, 0.717) is 5.56 Å². The molecule has 1 amide bonds. The molecule has 0 atom stereocenters. The van der Waals surface area contributed by atoms with Gasteiger partial charge in [-0.25, -0.2) is 0 Å². The monoisotopic (exact) mass is 304 g/mol. The summed E-state index contributed by atoms with van der Waals surface area (Å²) in [6.07, 6.45) is 3.34. The Balaban J connectivity index is 2.29. The van der Waals surface area contributed by atoms with Gasteiger partial charge in [0.05, 0.1) is 0 Å². The molecule has 0 N–H and O–H groups in total. The van der Waals surface area contributed by atoms with Gasteiger partial charge >= 0.3 is 0 Å². The number of halogens is 1. The number of pyridine rings is 1. The zero-order valence-electron chi connectivity index (χ0n) is 10.2. The molecule has 0 fully saturated rings. The van der Waals surface area contributed by atoms with Crippen molar-refractivity contribution in [2.24, 2.45) is 0 Å². The molecule has 0 aliphatic rings. The molecule has 0 unspecified atom stereocenters. The van der Waals surface area contributed by atoms with Gasteiger partial charge in [0.25, 0.3) is 5.91 Å².